The topological polar surface area (TPSA) is 167 Å². The van der Waals surface area contributed by atoms with Crippen molar-refractivity contribution < 1.29 is 27.5 Å². The van der Waals surface area contributed by atoms with Crippen LogP contribution in [0.4, 0.5) is 4.79 Å². The lowest BCUT2D eigenvalue weighted by atomic mass is 10.0. The molecule has 29 heavy (non-hydrogen) atoms. The van der Waals surface area contributed by atoms with E-state index in [4.69, 9.17) is 4.84 Å². The highest BCUT2D eigenvalue weighted by atomic mass is 32.2. The predicted molar refractivity (Wildman–Crippen MR) is 92.6 cm³/mol. The van der Waals surface area contributed by atoms with E-state index in [1.807, 2.05) is 0 Å². The molecule has 14 nitrogen and oxygen atoms in total. The highest BCUT2D eigenvalue weighted by Crippen LogP contribution is 2.30. The molecule has 0 radical (unpaired) electrons. The second-order valence-corrected chi connectivity index (χ2v) is 7.86. The van der Waals surface area contributed by atoms with Crippen molar-refractivity contribution in [2.45, 2.75) is 43.9 Å². The molecule has 15 heteroatoms. The maximum atomic E-state index is 12.5. The Morgan fingerprint density at radius 1 is 1.45 bits per heavy atom. The number of urea groups is 1. The van der Waals surface area contributed by atoms with Gasteiger partial charge in [0.15, 0.2) is 0 Å². The zero-order chi connectivity index (χ0) is 20.4. The molecule has 1 aromatic rings. The van der Waals surface area contributed by atoms with E-state index in [2.05, 4.69) is 30.6 Å². The van der Waals surface area contributed by atoms with E-state index in [9.17, 15) is 18.4 Å². The molecule has 3 amide bonds. The molecule has 160 valence electrons. The molecule has 2 N–H and O–H groups in total. The average Bonchev–Trinajstić information content (AvgIpc) is 3.41. The highest BCUT2D eigenvalue weighted by molar-refractivity contribution is 7.74. The van der Waals surface area contributed by atoms with Gasteiger partial charge in [-0.1, -0.05) is 0 Å². The van der Waals surface area contributed by atoms with Crippen LogP contribution in [0.3, 0.4) is 0 Å². The zero-order valence-corrected chi connectivity index (χ0v) is 16.2. The number of rotatable bonds is 8. The minimum absolute atomic E-state index is 0.0804. The lowest BCUT2D eigenvalue weighted by Crippen LogP contribution is -2.50. The first kappa shape index (κ1) is 20.1. The SMILES string of the molecule is O=C(NOC[C@@H]1C[C@H](Cn2cnnn2)CN1)C1CCC2CN1C(=O)N2OS(=O)[O-]. The first-order valence-corrected chi connectivity index (χ1v) is 10.2. The van der Waals surface area contributed by atoms with Crippen molar-refractivity contribution in [3.05, 3.63) is 6.33 Å². The Balaban J connectivity index is 1.20. The molecule has 0 spiro atoms. The molecule has 3 unspecified atom stereocenters. The first-order chi connectivity index (χ1) is 14.0. The Labute approximate surface area is 168 Å². The summed E-state index contributed by atoms with van der Waals surface area (Å²) in [6, 6.07) is -1.67. The molecule has 0 saturated carbocycles. The van der Waals surface area contributed by atoms with E-state index in [0.717, 1.165) is 18.0 Å². The molecule has 2 bridgehead atoms. The second-order valence-electron chi connectivity index (χ2n) is 7.30. The average molecular weight is 429 g/mol. The summed E-state index contributed by atoms with van der Waals surface area (Å²) in [5.41, 5.74) is 2.41. The van der Waals surface area contributed by atoms with E-state index in [1.165, 1.54) is 4.90 Å². The summed E-state index contributed by atoms with van der Waals surface area (Å²) in [6.45, 7) is 2.02. The number of hydrogen-bond donors (Lipinski definition) is 2. The minimum Gasteiger partial charge on any atom is -0.748 e. The van der Waals surface area contributed by atoms with Crippen molar-refractivity contribution in [1.82, 2.24) is 41.0 Å². The summed E-state index contributed by atoms with van der Waals surface area (Å²) in [5, 5.41) is 15.2. The number of carbonyl (C=O) groups excluding carboxylic acids is 2. The summed E-state index contributed by atoms with van der Waals surface area (Å²) in [4.78, 5) is 31.4. The zero-order valence-electron chi connectivity index (χ0n) is 15.4. The number of amides is 3. The van der Waals surface area contributed by atoms with Crippen molar-refractivity contribution in [3.63, 3.8) is 0 Å². The minimum atomic E-state index is -2.84. The Bertz CT molecular complexity index is 765. The van der Waals surface area contributed by atoms with Gasteiger partial charge in [-0.3, -0.25) is 9.63 Å². The molecule has 3 aliphatic heterocycles. The van der Waals surface area contributed by atoms with Gasteiger partial charge >= 0.3 is 6.03 Å². The smallest absolute Gasteiger partial charge is 0.346 e. The Morgan fingerprint density at radius 2 is 2.31 bits per heavy atom. The fourth-order valence-electron chi connectivity index (χ4n) is 4.05. The van der Waals surface area contributed by atoms with E-state index in [0.29, 0.717) is 25.3 Å². The van der Waals surface area contributed by atoms with Crippen molar-refractivity contribution in [1.29, 1.82) is 0 Å². The quantitative estimate of drug-likeness (QED) is 0.338. The number of tetrazole rings is 1. The van der Waals surface area contributed by atoms with Crippen LogP contribution < -0.4 is 10.8 Å². The highest BCUT2D eigenvalue weighted by Gasteiger charge is 2.48. The van der Waals surface area contributed by atoms with Gasteiger partial charge in [-0.05, 0) is 35.6 Å². The second kappa shape index (κ2) is 8.66. The number of nitrogens with zero attached hydrogens (tertiary/aromatic N) is 6. The summed E-state index contributed by atoms with van der Waals surface area (Å²) in [7, 11) is 0. The number of nitrogens with one attached hydrogen (secondary N) is 2. The molecule has 3 fully saturated rings. The van der Waals surface area contributed by atoms with Crippen molar-refractivity contribution in [2.75, 3.05) is 19.7 Å². The normalized spacial score (nSPS) is 30.0. The molecule has 0 aromatic carbocycles. The lowest BCUT2D eigenvalue weighted by molar-refractivity contribution is -0.139. The van der Waals surface area contributed by atoms with Gasteiger partial charge in [-0.2, -0.15) is 9.35 Å². The van der Waals surface area contributed by atoms with Crippen LogP contribution >= 0.6 is 0 Å². The van der Waals surface area contributed by atoms with Gasteiger partial charge < -0.3 is 14.8 Å². The van der Waals surface area contributed by atoms with Gasteiger partial charge in [-0.25, -0.2) is 19.2 Å². The Kier molecular flexibility index (Phi) is 6.00. The van der Waals surface area contributed by atoms with Crippen LogP contribution in [0.2, 0.25) is 0 Å². The number of hydroxylamine groups is 3. The van der Waals surface area contributed by atoms with E-state index < -0.39 is 29.3 Å². The molecule has 1 aromatic heterocycles. The van der Waals surface area contributed by atoms with Crippen LogP contribution in [0.5, 0.6) is 0 Å². The number of aromatic nitrogens is 4. The lowest BCUT2D eigenvalue weighted by Gasteiger charge is -2.29. The maximum absolute atomic E-state index is 12.5. The third-order valence-corrected chi connectivity index (χ3v) is 5.66. The number of fused-ring (bicyclic) bond motifs is 2. The third-order valence-electron chi connectivity index (χ3n) is 5.37. The van der Waals surface area contributed by atoms with Crippen LogP contribution in [-0.4, -0.2) is 88.7 Å². The molecule has 4 heterocycles. The largest absolute Gasteiger partial charge is 0.748 e. The van der Waals surface area contributed by atoms with Gasteiger partial charge in [0.25, 0.3) is 5.91 Å². The Morgan fingerprint density at radius 3 is 3.07 bits per heavy atom. The molecule has 0 aliphatic carbocycles. The maximum Gasteiger partial charge on any atom is 0.346 e. The summed E-state index contributed by atoms with van der Waals surface area (Å²) >= 11 is -2.84. The standard InChI is InChI=1S/C14H22N8O6S/c23-13(12-2-1-11-6-21(12)14(24)22(11)28-29(25)26)17-27-7-10-3-9(4-15-10)5-20-8-16-18-19-20/h8-12,15H,1-7H2,(H,17,23)(H,25,26)/p-1/t9-,10-,11?,12?/m0/s1. The monoisotopic (exact) mass is 429 g/mol. The van der Waals surface area contributed by atoms with Gasteiger partial charge in [0, 0.05) is 25.7 Å². The first-order valence-electron chi connectivity index (χ1n) is 9.24. The number of piperidine rings is 1. The van der Waals surface area contributed by atoms with Crippen molar-refractivity contribution in [2.24, 2.45) is 5.92 Å². The summed E-state index contributed by atoms with van der Waals surface area (Å²) < 4.78 is 27.7. The molecule has 3 saturated heterocycles. The van der Waals surface area contributed by atoms with Crippen LogP contribution in [0.1, 0.15) is 19.3 Å². The third kappa shape index (κ3) is 4.53. The molecule has 4 rings (SSSR count). The fraction of sp³-hybridized carbons (Fsp3) is 0.786. The summed E-state index contributed by atoms with van der Waals surface area (Å²) in [6.07, 6.45) is 3.27. The van der Waals surface area contributed by atoms with Crippen molar-refractivity contribution in [3.8, 4) is 0 Å². The molecule has 5 atom stereocenters. The van der Waals surface area contributed by atoms with Crippen LogP contribution in [0.25, 0.3) is 0 Å². The van der Waals surface area contributed by atoms with Crippen molar-refractivity contribution >= 4 is 23.3 Å². The van der Waals surface area contributed by atoms with E-state index in [-0.39, 0.29) is 25.2 Å². The van der Waals surface area contributed by atoms with Gasteiger partial charge in [-0.15, -0.1) is 5.10 Å². The fourth-order valence-corrected chi connectivity index (χ4v) is 4.36. The van der Waals surface area contributed by atoms with Crippen LogP contribution in [0.15, 0.2) is 6.33 Å². The molecular weight excluding hydrogens is 408 g/mol. The number of hydrogen-bond acceptors (Lipinski definition) is 10. The van der Waals surface area contributed by atoms with Crippen LogP contribution in [0, 0.1) is 5.92 Å². The van der Waals surface area contributed by atoms with Gasteiger partial charge in [0.05, 0.1) is 12.6 Å². The molecule has 3 aliphatic rings. The number of carbonyl (C=O) groups is 2. The van der Waals surface area contributed by atoms with Gasteiger partial charge in [0.1, 0.15) is 23.7 Å². The molecular formula is C14H21N8O6S-. The van der Waals surface area contributed by atoms with E-state index >= 15 is 0 Å². The van der Waals surface area contributed by atoms with Gasteiger partial charge in [0.2, 0.25) is 0 Å². The predicted octanol–water partition coefficient (Wildman–Crippen LogP) is -2.31. The van der Waals surface area contributed by atoms with Crippen LogP contribution in [-0.2, 0) is 31.8 Å². The summed E-state index contributed by atoms with van der Waals surface area (Å²) in [5.74, 6) is -0.0806. The van der Waals surface area contributed by atoms with E-state index in [1.54, 1.807) is 11.0 Å². The Hall–Kier alpha value is -2.20.